The molecule has 1 rings (SSSR count). The van der Waals surface area contributed by atoms with Crippen LogP contribution in [-0.4, -0.2) is 35.7 Å². The molecule has 0 aliphatic carbocycles. The average Bonchev–Trinajstić information content (AvgIpc) is 2.79. The molecule has 1 atom stereocenters. The minimum atomic E-state index is -0.421. The zero-order valence-electron chi connectivity index (χ0n) is 10.4. The van der Waals surface area contributed by atoms with E-state index >= 15 is 0 Å². The van der Waals surface area contributed by atoms with Crippen LogP contribution in [0.1, 0.15) is 46.0 Å². The van der Waals surface area contributed by atoms with E-state index in [4.69, 9.17) is 0 Å². The Hall–Kier alpha value is -0.610. The average molecular weight is 228 g/mol. The standard InChI is InChI=1S/C12H24N2O2/c1-3-12(4-2,9-15)14-11(16)8-10-6-5-7-13-10/h10,13,15H,3-9H2,1-2H3,(H,14,16). The van der Waals surface area contributed by atoms with Crippen molar-refractivity contribution >= 4 is 5.91 Å². The van der Waals surface area contributed by atoms with E-state index in [1.54, 1.807) is 0 Å². The highest BCUT2D eigenvalue weighted by atomic mass is 16.3. The molecule has 1 amide bonds. The minimum absolute atomic E-state index is 0.0177. The van der Waals surface area contributed by atoms with Gasteiger partial charge in [-0.1, -0.05) is 13.8 Å². The molecule has 3 N–H and O–H groups in total. The van der Waals surface area contributed by atoms with Crippen LogP contribution in [0.3, 0.4) is 0 Å². The Labute approximate surface area is 97.8 Å². The molecule has 1 saturated heterocycles. The van der Waals surface area contributed by atoms with Crippen molar-refractivity contribution in [3.63, 3.8) is 0 Å². The molecule has 4 heteroatoms. The van der Waals surface area contributed by atoms with Crippen LogP contribution in [0.5, 0.6) is 0 Å². The zero-order valence-corrected chi connectivity index (χ0v) is 10.4. The number of rotatable bonds is 6. The molecule has 0 spiro atoms. The van der Waals surface area contributed by atoms with Crippen molar-refractivity contribution in [2.24, 2.45) is 0 Å². The smallest absolute Gasteiger partial charge is 0.222 e. The Morgan fingerprint density at radius 2 is 2.19 bits per heavy atom. The molecule has 1 aliphatic rings. The van der Waals surface area contributed by atoms with E-state index < -0.39 is 5.54 Å². The van der Waals surface area contributed by atoms with Crippen molar-refractivity contribution < 1.29 is 9.90 Å². The molecule has 0 saturated carbocycles. The van der Waals surface area contributed by atoms with Crippen LogP contribution in [0.2, 0.25) is 0 Å². The lowest BCUT2D eigenvalue weighted by Crippen LogP contribution is -2.51. The Kier molecular flexibility index (Phi) is 5.22. The molecule has 0 aromatic carbocycles. The largest absolute Gasteiger partial charge is 0.394 e. The molecule has 4 nitrogen and oxygen atoms in total. The molecule has 94 valence electrons. The summed E-state index contributed by atoms with van der Waals surface area (Å²) in [6.07, 6.45) is 4.30. The predicted molar refractivity (Wildman–Crippen MR) is 64.2 cm³/mol. The van der Waals surface area contributed by atoms with Crippen molar-refractivity contribution in [2.75, 3.05) is 13.2 Å². The molecule has 1 heterocycles. The van der Waals surface area contributed by atoms with Gasteiger partial charge in [-0.2, -0.15) is 0 Å². The molecule has 1 unspecified atom stereocenters. The number of hydrogen-bond acceptors (Lipinski definition) is 3. The van der Waals surface area contributed by atoms with Crippen molar-refractivity contribution in [3.05, 3.63) is 0 Å². The Bertz CT molecular complexity index is 213. The van der Waals surface area contributed by atoms with Crippen LogP contribution in [0.25, 0.3) is 0 Å². The maximum atomic E-state index is 11.8. The van der Waals surface area contributed by atoms with Gasteiger partial charge < -0.3 is 15.7 Å². The summed E-state index contributed by atoms with van der Waals surface area (Å²) in [5, 5.41) is 15.6. The highest BCUT2D eigenvalue weighted by molar-refractivity contribution is 5.77. The van der Waals surface area contributed by atoms with Gasteiger partial charge in [0.1, 0.15) is 0 Å². The van der Waals surface area contributed by atoms with Gasteiger partial charge in [-0.3, -0.25) is 4.79 Å². The lowest BCUT2D eigenvalue weighted by atomic mass is 9.93. The van der Waals surface area contributed by atoms with Crippen LogP contribution in [0.15, 0.2) is 0 Å². The van der Waals surface area contributed by atoms with Gasteiger partial charge in [0.25, 0.3) is 0 Å². The summed E-state index contributed by atoms with van der Waals surface area (Å²) in [6.45, 7) is 5.02. The zero-order chi connectivity index (χ0) is 12.0. The van der Waals surface area contributed by atoms with Crippen LogP contribution in [0, 0.1) is 0 Å². The number of carbonyl (C=O) groups is 1. The van der Waals surface area contributed by atoms with Crippen molar-refractivity contribution in [2.45, 2.75) is 57.5 Å². The molecular weight excluding hydrogens is 204 g/mol. The molecule has 0 aromatic heterocycles. The van der Waals surface area contributed by atoms with Gasteiger partial charge in [0.05, 0.1) is 12.1 Å². The van der Waals surface area contributed by atoms with Gasteiger partial charge >= 0.3 is 0 Å². The van der Waals surface area contributed by atoms with Crippen LogP contribution >= 0.6 is 0 Å². The van der Waals surface area contributed by atoms with E-state index in [1.165, 1.54) is 0 Å². The highest BCUT2D eigenvalue weighted by Crippen LogP contribution is 2.15. The van der Waals surface area contributed by atoms with E-state index in [-0.39, 0.29) is 12.5 Å². The molecule has 1 fully saturated rings. The van der Waals surface area contributed by atoms with Gasteiger partial charge in [0, 0.05) is 12.5 Å². The quantitative estimate of drug-likeness (QED) is 0.630. The van der Waals surface area contributed by atoms with Crippen molar-refractivity contribution in [3.8, 4) is 0 Å². The second-order valence-corrected chi connectivity index (χ2v) is 4.69. The van der Waals surface area contributed by atoms with Gasteiger partial charge in [0.15, 0.2) is 0 Å². The first-order valence-corrected chi connectivity index (χ1v) is 6.31. The van der Waals surface area contributed by atoms with E-state index in [2.05, 4.69) is 10.6 Å². The van der Waals surface area contributed by atoms with Crippen LogP contribution < -0.4 is 10.6 Å². The third-order valence-electron chi connectivity index (χ3n) is 3.65. The van der Waals surface area contributed by atoms with Crippen molar-refractivity contribution in [1.29, 1.82) is 0 Å². The third kappa shape index (κ3) is 3.46. The number of aliphatic hydroxyl groups excluding tert-OH is 1. The number of amides is 1. The number of hydrogen-bond donors (Lipinski definition) is 3. The second-order valence-electron chi connectivity index (χ2n) is 4.69. The maximum absolute atomic E-state index is 11.8. The van der Waals surface area contributed by atoms with Gasteiger partial charge in [-0.05, 0) is 32.2 Å². The molecule has 0 bridgehead atoms. The first-order chi connectivity index (χ1) is 7.65. The van der Waals surface area contributed by atoms with Gasteiger partial charge in [0.2, 0.25) is 5.91 Å². The summed E-state index contributed by atoms with van der Waals surface area (Å²) in [5.41, 5.74) is -0.421. The van der Waals surface area contributed by atoms with Gasteiger partial charge in [-0.15, -0.1) is 0 Å². The fraction of sp³-hybridized carbons (Fsp3) is 0.917. The lowest BCUT2D eigenvalue weighted by molar-refractivity contribution is -0.124. The predicted octanol–water partition coefficient (Wildman–Crippen LogP) is 0.796. The fourth-order valence-electron chi connectivity index (χ4n) is 2.19. The molecule has 0 aromatic rings. The topological polar surface area (TPSA) is 61.4 Å². The lowest BCUT2D eigenvalue weighted by Gasteiger charge is -2.31. The minimum Gasteiger partial charge on any atom is -0.394 e. The maximum Gasteiger partial charge on any atom is 0.222 e. The summed E-state index contributed by atoms with van der Waals surface area (Å²) in [6, 6.07) is 0.324. The van der Waals surface area contributed by atoms with E-state index in [0.717, 1.165) is 32.2 Å². The van der Waals surface area contributed by atoms with E-state index in [1.807, 2.05) is 13.8 Å². The summed E-state index contributed by atoms with van der Waals surface area (Å²) < 4.78 is 0. The Morgan fingerprint density at radius 1 is 1.50 bits per heavy atom. The normalized spacial score (nSPS) is 21.1. The third-order valence-corrected chi connectivity index (χ3v) is 3.65. The summed E-state index contributed by atoms with van der Waals surface area (Å²) in [7, 11) is 0. The second kappa shape index (κ2) is 6.21. The number of nitrogens with one attached hydrogen (secondary N) is 2. The molecule has 1 aliphatic heterocycles. The SMILES string of the molecule is CCC(CC)(CO)NC(=O)CC1CCCN1. The van der Waals surface area contributed by atoms with Crippen LogP contribution in [-0.2, 0) is 4.79 Å². The monoisotopic (exact) mass is 228 g/mol. The first kappa shape index (κ1) is 13.5. The first-order valence-electron chi connectivity index (χ1n) is 6.31. The highest BCUT2D eigenvalue weighted by Gasteiger charge is 2.28. The summed E-state index contributed by atoms with van der Waals surface area (Å²) in [4.78, 5) is 11.8. The van der Waals surface area contributed by atoms with Gasteiger partial charge in [-0.25, -0.2) is 0 Å². The number of carbonyl (C=O) groups excluding carboxylic acids is 1. The molecule has 0 radical (unpaired) electrons. The van der Waals surface area contributed by atoms with Crippen molar-refractivity contribution in [1.82, 2.24) is 10.6 Å². The van der Waals surface area contributed by atoms with E-state index in [9.17, 15) is 9.90 Å². The number of aliphatic hydroxyl groups is 1. The molecular formula is C12H24N2O2. The fourth-order valence-corrected chi connectivity index (χ4v) is 2.19. The summed E-state index contributed by atoms with van der Waals surface area (Å²) >= 11 is 0. The Morgan fingerprint density at radius 3 is 2.62 bits per heavy atom. The Balaban J connectivity index is 2.41. The van der Waals surface area contributed by atoms with E-state index in [0.29, 0.717) is 12.5 Å². The van der Waals surface area contributed by atoms with Crippen LogP contribution in [0.4, 0.5) is 0 Å². The molecule has 16 heavy (non-hydrogen) atoms. The summed E-state index contributed by atoms with van der Waals surface area (Å²) in [5.74, 6) is 0.0529.